The number of fused-ring (bicyclic) bond motifs is 1. The third kappa shape index (κ3) is 3.48. The van der Waals surface area contributed by atoms with Gasteiger partial charge < -0.3 is 14.0 Å². The van der Waals surface area contributed by atoms with E-state index in [0.717, 1.165) is 26.8 Å². The maximum atomic E-state index is 13.2. The average Bonchev–Trinajstić information content (AvgIpc) is 3.36. The zero-order chi connectivity index (χ0) is 21.5. The molecule has 0 saturated heterocycles. The number of carbonyl (C=O) groups excluding carboxylic acids is 1. The van der Waals surface area contributed by atoms with Gasteiger partial charge in [0.1, 0.15) is 11.4 Å². The standard InChI is InChI=1S/C23H21N5O2S/c1-15-12-27(14-24-15)18-8-9-19-22(29)26(10-11-28(19)23(18)30)13-20-21(25-16(2)31-20)17-6-4-3-5-7-17/h3-9,12,14H,10-11,13H2,1-2H3. The third-order valence-electron chi connectivity index (χ3n) is 5.43. The van der Waals surface area contributed by atoms with Gasteiger partial charge in [-0.1, -0.05) is 30.3 Å². The maximum Gasteiger partial charge on any atom is 0.275 e. The SMILES string of the molecule is Cc1cn(-c2ccc3n(c2=O)CCN(Cc2sc(C)nc2-c2ccccc2)C3=O)cn1. The Morgan fingerprint density at radius 3 is 2.58 bits per heavy atom. The minimum Gasteiger partial charge on any atom is -0.330 e. The summed E-state index contributed by atoms with van der Waals surface area (Å²) in [4.78, 5) is 38.0. The van der Waals surface area contributed by atoms with Crippen LogP contribution in [0.4, 0.5) is 0 Å². The van der Waals surface area contributed by atoms with Gasteiger partial charge in [0.05, 0.1) is 34.1 Å². The number of pyridine rings is 1. The van der Waals surface area contributed by atoms with E-state index in [1.165, 1.54) is 0 Å². The quantitative estimate of drug-likeness (QED) is 0.496. The number of aromatic nitrogens is 4. The molecule has 31 heavy (non-hydrogen) atoms. The summed E-state index contributed by atoms with van der Waals surface area (Å²) in [6, 6.07) is 13.4. The van der Waals surface area contributed by atoms with Gasteiger partial charge in [0, 0.05) is 24.8 Å². The first-order valence-corrected chi connectivity index (χ1v) is 10.9. The van der Waals surface area contributed by atoms with E-state index in [1.54, 1.807) is 50.0 Å². The summed E-state index contributed by atoms with van der Waals surface area (Å²) in [6.07, 6.45) is 3.42. The van der Waals surface area contributed by atoms with Gasteiger partial charge in [-0.2, -0.15) is 0 Å². The fourth-order valence-electron chi connectivity index (χ4n) is 3.93. The van der Waals surface area contributed by atoms with Crippen LogP contribution in [-0.2, 0) is 13.1 Å². The van der Waals surface area contributed by atoms with Crippen molar-refractivity contribution in [1.29, 1.82) is 0 Å². The topological polar surface area (TPSA) is 73.0 Å². The molecule has 0 atom stereocenters. The highest BCUT2D eigenvalue weighted by atomic mass is 32.1. The normalized spacial score (nSPS) is 13.5. The van der Waals surface area contributed by atoms with Crippen LogP contribution in [0.25, 0.3) is 16.9 Å². The summed E-state index contributed by atoms with van der Waals surface area (Å²) in [5, 5.41) is 0.968. The molecule has 0 bridgehead atoms. The van der Waals surface area contributed by atoms with Gasteiger partial charge in [0.2, 0.25) is 0 Å². The number of benzene rings is 1. The van der Waals surface area contributed by atoms with Gasteiger partial charge in [-0.05, 0) is 26.0 Å². The number of thiazole rings is 1. The van der Waals surface area contributed by atoms with E-state index in [4.69, 9.17) is 4.98 Å². The van der Waals surface area contributed by atoms with E-state index in [2.05, 4.69) is 4.98 Å². The highest BCUT2D eigenvalue weighted by Gasteiger charge is 2.27. The number of nitrogens with zero attached hydrogens (tertiary/aromatic N) is 5. The van der Waals surface area contributed by atoms with Crippen molar-refractivity contribution in [1.82, 2.24) is 24.0 Å². The molecule has 0 spiro atoms. The molecule has 1 aliphatic heterocycles. The lowest BCUT2D eigenvalue weighted by atomic mass is 10.1. The predicted molar refractivity (Wildman–Crippen MR) is 120 cm³/mol. The largest absolute Gasteiger partial charge is 0.330 e. The number of hydrogen-bond acceptors (Lipinski definition) is 5. The summed E-state index contributed by atoms with van der Waals surface area (Å²) < 4.78 is 3.27. The molecule has 1 amide bonds. The fourth-order valence-corrected chi connectivity index (χ4v) is 4.91. The van der Waals surface area contributed by atoms with Crippen LogP contribution in [-0.4, -0.2) is 36.5 Å². The van der Waals surface area contributed by atoms with Gasteiger partial charge in [-0.25, -0.2) is 9.97 Å². The summed E-state index contributed by atoms with van der Waals surface area (Å²) in [5.41, 5.74) is 3.53. The van der Waals surface area contributed by atoms with Crippen molar-refractivity contribution < 1.29 is 4.79 Å². The monoisotopic (exact) mass is 431 g/mol. The number of amides is 1. The van der Waals surface area contributed by atoms with Crippen LogP contribution in [0.15, 0.2) is 59.8 Å². The second kappa shape index (κ2) is 7.63. The number of rotatable bonds is 4. The second-order valence-electron chi connectivity index (χ2n) is 7.58. The van der Waals surface area contributed by atoms with Crippen molar-refractivity contribution in [3.8, 4) is 16.9 Å². The maximum absolute atomic E-state index is 13.2. The molecule has 5 rings (SSSR count). The lowest BCUT2D eigenvalue weighted by Crippen LogP contribution is -2.44. The molecule has 1 aromatic carbocycles. The Kier molecular flexibility index (Phi) is 4.78. The first-order chi connectivity index (χ1) is 15.0. The van der Waals surface area contributed by atoms with E-state index in [1.807, 2.05) is 44.2 Å². The van der Waals surface area contributed by atoms with Gasteiger partial charge in [-0.3, -0.25) is 9.59 Å². The van der Waals surface area contributed by atoms with E-state index >= 15 is 0 Å². The molecule has 0 unspecified atom stereocenters. The summed E-state index contributed by atoms with van der Waals surface area (Å²) in [6.45, 7) is 5.26. The molecule has 1 aliphatic rings. The van der Waals surface area contributed by atoms with Gasteiger partial charge in [0.25, 0.3) is 11.5 Å². The highest BCUT2D eigenvalue weighted by Crippen LogP contribution is 2.30. The molecule has 0 radical (unpaired) electrons. The Balaban J connectivity index is 1.45. The minimum atomic E-state index is -0.179. The second-order valence-corrected chi connectivity index (χ2v) is 8.87. The summed E-state index contributed by atoms with van der Waals surface area (Å²) >= 11 is 1.61. The van der Waals surface area contributed by atoms with E-state index in [9.17, 15) is 9.59 Å². The molecule has 0 N–H and O–H groups in total. The van der Waals surface area contributed by atoms with Crippen molar-refractivity contribution in [3.05, 3.63) is 86.6 Å². The summed E-state index contributed by atoms with van der Waals surface area (Å²) in [7, 11) is 0. The van der Waals surface area contributed by atoms with Crippen LogP contribution in [0.2, 0.25) is 0 Å². The Bertz CT molecular complexity index is 1340. The fraction of sp³-hybridized carbons (Fsp3) is 0.217. The van der Waals surface area contributed by atoms with Crippen molar-refractivity contribution >= 4 is 17.2 Å². The van der Waals surface area contributed by atoms with Crippen molar-refractivity contribution in [2.24, 2.45) is 0 Å². The smallest absolute Gasteiger partial charge is 0.275 e. The van der Waals surface area contributed by atoms with Crippen LogP contribution in [0.1, 0.15) is 26.1 Å². The molecule has 7 nitrogen and oxygen atoms in total. The van der Waals surface area contributed by atoms with Gasteiger partial charge >= 0.3 is 0 Å². The molecular weight excluding hydrogens is 410 g/mol. The van der Waals surface area contributed by atoms with Crippen LogP contribution >= 0.6 is 11.3 Å². The Morgan fingerprint density at radius 2 is 1.84 bits per heavy atom. The summed E-state index contributed by atoms with van der Waals surface area (Å²) in [5.74, 6) is -0.137. The Hall–Kier alpha value is -3.52. The zero-order valence-electron chi connectivity index (χ0n) is 17.3. The number of hydrogen-bond donors (Lipinski definition) is 0. The molecule has 0 saturated carbocycles. The first-order valence-electron chi connectivity index (χ1n) is 10.1. The Labute approximate surface area is 183 Å². The highest BCUT2D eigenvalue weighted by molar-refractivity contribution is 7.12. The van der Waals surface area contributed by atoms with Gasteiger partial charge in [0.15, 0.2) is 0 Å². The van der Waals surface area contributed by atoms with Crippen LogP contribution in [0.3, 0.4) is 0 Å². The van der Waals surface area contributed by atoms with E-state index < -0.39 is 0 Å². The van der Waals surface area contributed by atoms with Crippen LogP contribution < -0.4 is 5.56 Å². The lowest BCUT2D eigenvalue weighted by molar-refractivity contribution is 0.0688. The van der Waals surface area contributed by atoms with Crippen LogP contribution in [0, 0.1) is 13.8 Å². The molecule has 156 valence electrons. The Morgan fingerprint density at radius 1 is 1.03 bits per heavy atom. The molecular formula is C23H21N5O2S. The lowest BCUT2D eigenvalue weighted by Gasteiger charge is -2.29. The van der Waals surface area contributed by atoms with Crippen LogP contribution in [0.5, 0.6) is 0 Å². The zero-order valence-corrected chi connectivity index (χ0v) is 18.1. The van der Waals surface area contributed by atoms with E-state index in [0.29, 0.717) is 31.0 Å². The average molecular weight is 432 g/mol. The minimum absolute atomic E-state index is 0.137. The molecule has 8 heteroatoms. The predicted octanol–water partition coefficient (Wildman–Crippen LogP) is 3.43. The number of imidazole rings is 1. The molecule has 4 heterocycles. The first kappa shape index (κ1) is 19.4. The number of aryl methyl sites for hydroxylation is 2. The van der Waals surface area contributed by atoms with Crippen molar-refractivity contribution in [2.75, 3.05) is 6.54 Å². The number of carbonyl (C=O) groups is 1. The third-order valence-corrected chi connectivity index (χ3v) is 6.39. The molecule has 3 aromatic heterocycles. The van der Waals surface area contributed by atoms with Gasteiger partial charge in [-0.15, -0.1) is 11.3 Å². The molecule has 0 aliphatic carbocycles. The van der Waals surface area contributed by atoms with Crippen molar-refractivity contribution in [2.45, 2.75) is 26.9 Å². The molecule has 0 fully saturated rings. The molecule has 4 aromatic rings. The van der Waals surface area contributed by atoms with E-state index in [-0.39, 0.29) is 11.5 Å². The van der Waals surface area contributed by atoms with Crippen molar-refractivity contribution in [3.63, 3.8) is 0 Å².